The van der Waals surface area contributed by atoms with Gasteiger partial charge in [-0.15, -0.1) is 0 Å². The lowest BCUT2D eigenvalue weighted by molar-refractivity contribution is 0.0947. The summed E-state index contributed by atoms with van der Waals surface area (Å²) in [5, 5.41) is 2.73. The van der Waals surface area contributed by atoms with Gasteiger partial charge in [-0.25, -0.2) is 9.37 Å². The third-order valence-electron chi connectivity index (χ3n) is 2.58. The van der Waals surface area contributed by atoms with Gasteiger partial charge in [-0.3, -0.25) is 4.79 Å². The zero-order valence-corrected chi connectivity index (χ0v) is 10.4. The van der Waals surface area contributed by atoms with Crippen molar-refractivity contribution in [3.05, 3.63) is 59.5 Å². The van der Waals surface area contributed by atoms with E-state index in [0.29, 0.717) is 12.1 Å². The molecule has 5 heteroatoms. The van der Waals surface area contributed by atoms with E-state index in [1.54, 1.807) is 30.5 Å². The van der Waals surface area contributed by atoms with Gasteiger partial charge in [-0.1, -0.05) is 12.1 Å². The van der Waals surface area contributed by atoms with Crippen LogP contribution in [-0.4, -0.2) is 18.0 Å². The third-order valence-corrected chi connectivity index (χ3v) is 2.58. The van der Waals surface area contributed by atoms with Crippen LogP contribution < -0.4 is 10.1 Å². The van der Waals surface area contributed by atoms with Crippen molar-refractivity contribution >= 4 is 5.91 Å². The minimum absolute atomic E-state index is 0.277. The zero-order chi connectivity index (χ0) is 13.7. The quantitative estimate of drug-likeness (QED) is 0.916. The van der Waals surface area contributed by atoms with Crippen LogP contribution in [0.2, 0.25) is 0 Å². The molecule has 0 saturated heterocycles. The fraction of sp³-hybridized carbons (Fsp3) is 0.143. The number of benzene rings is 1. The Morgan fingerprint density at radius 1 is 1.32 bits per heavy atom. The average molecular weight is 260 g/mol. The van der Waals surface area contributed by atoms with Crippen molar-refractivity contribution in [3.63, 3.8) is 0 Å². The molecule has 1 aromatic heterocycles. The fourth-order valence-electron chi connectivity index (χ4n) is 1.61. The average Bonchev–Trinajstić information content (AvgIpc) is 2.46. The molecule has 1 amide bonds. The number of pyridine rings is 1. The van der Waals surface area contributed by atoms with Gasteiger partial charge in [0.05, 0.1) is 7.11 Å². The molecule has 2 aromatic rings. The van der Waals surface area contributed by atoms with Crippen molar-refractivity contribution in [2.24, 2.45) is 0 Å². The summed E-state index contributed by atoms with van der Waals surface area (Å²) >= 11 is 0. The number of halogens is 1. The molecule has 4 nitrogen and oxygen atoms in total. The van der Waals surface area contributed by atoms with E-state index in [4.69, 9.17) is 4.74 Å². The Hall–Kier alpha value is -2.43. The minimum atomic E-state index is -0.302. The van der Waals surface area contributed by atoms with Crippen LogP contribution in [0.15, 0.2) is 42.6 Å². The number of aromatic nitrogens is 1. The molecule has 1 heterocycles. The molecule has 0 bridgehead atoms. The van der Waals surface area contributed by atoms with Crippen LogP contribution in [-0.2, 0) is 6.54 Å². The number of methoxy groups -OCH3 is 1. The summed E-state index contributed by atoms with van der Waals surface area (Å²) in [6.45, 7) is 0.317. The van der Waals surface area contributed by atoms with Crippen molar-refractivity contribution < 1.29 is 13.9 Å². The second-order valence-electron chi connectivity index (χ2n) is 3.87. The maximum Gasteiger partial charge on any atom is 0.257 e. The summed E-state index contributed by atoms with van der Waals surface area (Å²) in [6.07, 6.45) is 1.55. The van der Waals surface area contributed by atoms with Gasteiger partial charge in [0.25, 0.3) is 5.91 Å². The molecular formula is C14H13FN2O2. The number of nitrogens with one attached hydrogen (secondary N) is 1. The molecule has 19 heavy (non-hydrogen) atoms. The SMILES string of the molecule is COc1ncccc1C(=O)NCc1ccc(F)cc1. The molecule has 98 valence electrons. The van der Waals surface area contributed by atoms with Crippen LogP contribution in [0, 0.1) is 5.82 Å². The van der Waals surface area contributed by atoms with Gasteiger partial charge in [-0.2, -0.15) is 0 Å². The Bertz CT molecular complexity index is 570. The Morgan fingerprint density at radius 3 is 2.74 bits per heavy atom. The number of nitrogens with zero attached hydrogens (tertiary/aromatic N) is 1. The largest absolute Gasteiger partial charge is 0.480 e. The van der Waals surface area contributed by atoms with Crippen molar-refractivity contribution in [2.45, 2.75) is 6.54 Å². The highest BCUT2D eigenvalue weighted by molar-refractivity contribution is 5.96. The predicted molar refractivity (Wildman–Crippen MR) is 68.4 cm³/mol. The predicted octanol–water partition coefficient (Wildman–Crippen LogP) is 2.16. The maximum atomic E-state index is 12.7. The number of rotatable bonds is 4. The summed E-state index contributed by atoms with van der Waals surface area (Å²) in [5.74, 6) is -0.308. The van der Waals surface area contributed by atoms with Crippen molar-refractivity contribution in [3.8, 4) is 5.88 Å². The lowest BCUT2D eigenvalue weighted by atomic mass is 10.2. The van der Waals surface area contributed by atoms with Crippen LogP contribution in [0.4, 0.5) is 4.39 Å². The topological polar surface area (TPSA) is 51.2 Å². The first-order valence-corrected chi connectivity index (χ1v) is 5.72. The van der Waals surface area contributed by atoms with E-state index in [1.165, 1.54) is 19.2 Å². The van der Waals surface area contributed by atoms with E-state index in [1.807, 2.05) is 0 Å². The summed E-state index contributed by atoms with van der Waals surface area (Å²) in [5.41, 5.74) is 1.18. The molecule has 1 N–H and O–H groups in total. The molecule has 0 aliphatic carbocycles. The van der Waals surface area contributed by atoms with E-state index >= 15 is 0 Å². The van der Waals surface area contributed by atoms with Crippen LogP contribution in [0.1, 0.15) is 15.9 Å². The molecule has 0 atom stereocenters. The molecule has 0 unspecified atom stereocenters. The van der Waals surface area contributed by atoms with Gasteiger partial charge in [0.2, 0.25) is 5.88 Å². The fourth-order valence-corrected chi connectivity index (χ4v) is 1.61. The monoisotopic (exact) mass is 260 g/mol. The van der Waals surface area contributed by atoms with Crippen LogP contribution in [0.25, 0.3) is 0 Å². The van der Waals surface area contributed by atoms with E-state index in [9.17, 15) is 9.18 Å². The Kier molecular flexibility index (Phi) is 4.07. The second kappa shape index (κ2) is 5.95. The minimum Gasteiger partial charge on any atom is -0.480 e. The number of carbonyl (C=O) groups is 1. The van der Waals surface area contributed by atoms with E-state index in [0.717, 1.165) is 5.56 Å². The highest BCUT2D eigenvalue weighted by Crippen LogP contribution is 2.13. The third kappa shape index (κ3) is 3.28. The van der Waals surface area contributed by atoms with Gasteiger partial charge in [0, 0.05) is 12.7 Å². The smallest absolute Gasteiger partial charge is 0.257 e. The Labute approximate surface area is 110 Å². The van der Waals surface area contributed by atoms with Gasteiger partial charge < -0.3 is 10.1 Å². The van der Waals surface area contributed by atoms with Gasteiger partial charge in [0.1, 0.15) is 11.4 Å². The molecule has 1 aromatic carbocycles. The number of carbonyl (C=O) groups excluding carboxylic acids is 1. The standard InChI is InChI=1S/C14H13FN2O2/c1-19-14-12(3-2-8-16-14)13(18)17-9-10-4-6-11(15)7-5-10/h2-8H,9H2,1H3,(H,17,18). The normalized spacial score (nSPS) is 10.0. The molecule has 2 rings (SSSR count). The molecule has 0 aliphatic rings. The van der Waals surface area contributed by atoms with Gasteiger partial charge in [-0.05, 0) is 29.8 Å². The number of amides is 1. The highest BCUT2D eigenvalue weighted by Gasteiger charge is 2.12. The van der Waals surface area contributed by atoms with Crippen LogP contribution in [0.5, 0.6) is 5.88 Å². The summed E-state index contributed by atoms with van der Waals surface area (Å²) in [6, 6.07) is 9.24. The molecule has 0 aliphatic heterocycles. The molecule has 0 radical (unpaired) electrons. The summed E-state index contributed by atoms with van der Waals surface area (Å²) in [4.78, 5) is 15.9. The van der Waals surface area contributed by atoms with Crippen molar-refractivity contribution in [2.75, 3.05) is 7.11 Å². The van der Waals surface area contributed by atoms with E-state index in [-0.39, 0.29) is 17.6 Å². The van der Waals surface area contributed by atoms with Crippen molar-refractivity contribution in [1.82, 2.24) is 10.3 Å². The summed E-state index contributed by atoms with van der Waals surface area (Å²) < 4.78 is 17.7. The highest BCUT2D eigenvalue weighted by atomic mass is 19.1. The Morgan fingerprint density at radius 2 is 2.05 bits per heavy atom. The lowest BCUT2D eigenvalue weighted by Crippen LogP contribution is -2.23. The van der Waals surface area contributed by atoms with Crippen LogP contribution >= 0.6 is 0 Å². The van der Waals surface area contributed by atoms with E-state index < -0.39 is 0 Å². The molecule has 0 saturated carbocycles. The lowest BCUT2D eigenvalue weighted by Gasteiger charge is -2.08. The number of ether oxygens (including phenoxy) is 1. The van der Waals surface area contributed by atoms with E-state index in [2.05, 4.69) is 10.3 Å². The molecular weight excluding hydrogens is 247 g/mol. The first-order chi connectivity index (χ1) is 9.20. The van der Waals surface area contributed by atoms with Gasteiger partial charge in [0.15, 0.2) is 0 Å². The van der Waals surface area contributed by atoms with Crippen molar-refractivity contribution in [1.29, 1.82) is 0 Å². The molecule has 0 fully saturated rings. The summed E-state index contributed by atoms with van der Waals surface area (Å²) in [7, 11) is 1.46. The second-order valence-corrected chi connectivity index (χ2v) is 3.87. The number of hydrogen-bond acceptors (Lipinski definition) is 3. The maximum absolute atomic E-state index is 12.7. The van der Waals surface area contributed by atoms with Gasteiger partial charge >= 0.3 is 0 Å². The first kappa shape index (κ1) is 13.0. The molecule has 0 spiro atoms. The zero-order valence-electron chi connectivity index (χ0n) is 10.4. The number of hydrogen-bond donors (Lipinski definition) is 1. The first-order valence-electron chi connectivity index (χ1n) is 5.72. The Balaban J connectivity index is 2.03. The van der Waals surface area contributed by atoms with Crippen LogP contribution in [0.3, 0.4) is 0 Å².